The Balaban J connectivity index is 2.49. The molecule has 0 unspecified atom stereocenters. The minimum absolute atomic E-state index is 0.182. The van der Waals surface area contributed by atoms with Crippen molar-refractivity contribution in [2.45, 2.75) is 13.8 Å². The number of nitriles is 1. The predicted octanol–water partition coefficient (Wildman–Crippen LogP) is 4.00. The summed E-state index contributed by atoms with van der Waals surface area (Å²) in [6.07, 6.45) is 0. The highest BCUT2D eigenvalue weighted by atomic mass is 19.1. The number of halogens is 1. The van der Waals surface area contributed by atoms with Gasteiger partial charge in [-0.25, -0.2) is 4.39 Å². The van der Waals surface area contributed by atoms with Crippen molar-refractivity contribution in [1.29, 1.82) is 5.26 Å². The van der Waals surface area contributed by atoms with Gasteiger partial charge in [0.05, 0.1) is 17.2 Å². The maximum Gasteiger partial charge on any atom is 0.163 e. The highest BCUT2D eigenvalue weighted by Gasteiger charge is 2.12. The van der Waals surface area contributed by atoms with Crippen molar-refractivity contribution < 1.29 is 13.9 Å². The summed E-state index contributed by atoms with van der Waals surface area (Å²) in [6.45, 7) is 3.18. The molecule has 0 aliphatic carbocycles. The predicted molar refractivity (Wildman–Crippen MR) is 72.4 cm³/mol. The highest BCUT2D eigenvalue weighted by molar-refractivity contribution is 5.97. The summed E-state index contributed by atoms with van der Waals surface area (Å²) in [4.78, 5) is 11.6. The second-order valence-corrected chi connectivity index (χ2v) is 4.39. The summed E-state index contributed by atoms with van der Waals surface area (Å²) in [7, 11) is 0. The Morgan fingerprint density at radius 3 is 2.60 bits per heavy atom. The molecule has 20 heavy (non-hydrogen) atoms. The Hall–Kier alpha value is -2.67. The fourth-order valence-corrected chi connectivity index (χ4v) is 1.77. The Labute approximate surface area is 116 Å². The van der Waals surface area contributed by atoms with Gasteiger partial charge in [-0.2, -0.15) is 5.26 Å². The average Bonchev–Trinajstić information content (AvgIpc) is 2.42. The van der Waals surface area contributed by atoms with Crippen LogP contribution in [0.2, 0.25) is 0 Å². The van der Waals surface area contributed by atoms with Gasteiger partial charge in [0.15, 0.2) is 5.78 Å². The summed E-state index contributed by atoms with van der Waals surface area (Å²) in [5, 5.41) is 8.91. The van der Waals surface area contributed by atoms with Gasteiger partial charge in [-0.15, -0.1) is 0 Å². The van der Waals surface area contributed by atoms with Gasteiger partial charge in [0.1, 0.15) is 17.3 Å². The van der Waals surface area contributed by atoms with Crippen molar-refractivity contribution >= 4 is 5.78 Å². The normalized spacial score (nSPS) is 9.90. The molecule has 0 N–H and O–H groups in total. The summed E-state index contributed by atoms with van der Waals surface area (Å²) in [5.74, 6) is -0.0298. The minimum atomic E-state index is -0.425. The Morgan fingerprint density at radius 2 is 1.95 bits per heavy atom. The number of hydrogen-bond acceptors (Lipinski definition) is 3. The van der Waals surface area contributed by atoms with E-state index in [0.717, 1.165) is 5.56 Å². The summed E-state index contributed by atoms with van der Waals surface area (Å²) < 4.78 is 18.9. The fourth-order valence-electron chi connectivity index (χ4n) is 1.77. The van der Waals surface area contributed by atoms with Gasteiger partial charge in [0.25, 0.3) is 0 Å². The van der Waals surface area contributed by atoms with Crippen molar-refractivity contribution in [3.05, 3.63) is 58.9 Å². The van der Waals surface area contributed by atoms with Crippen molar-refractivity contribution in [3.63, 3.8) is 0 Å². The van der Waals surface area contributed by atoms with Crippen LogP contribution >= 0.6 is 0 Å². The molecule has 0 aliphatic heterocycles. The number of ketones is 1. The second-order valence-electron chi connectivity index (χ2n) is 4.39. The van der Waals surface area contributed by atoms with Gasteiger partial charge in [-0.1, -0.05) is 6.07 Å². The first-order chi connectivity index (χ1) is 9.51. The van der Waals surface area contributed by atoms with Crippen molar-refractivity contribution in [3.8, 4) is 17.6 Å². The van der Waals surface area contributed by atoms with E-state index in [1.807, 2.05) is 6.07 Å². The number of ether oxygens (including phenoxy) is 1. The molecule has 0 amide bonds. The fraction of sp³-hybridized carbons (Fsp3) is 0.125. The number of carbonyl (C=O) groups is 1. The Morgan fingerprint density at radius 1 is 1.20 bits per heavy atom. The average molecular weight is 269 g/mol. The molecule has 0 spiro atoms. The smallest absolute Gasteiger partial charge is 0.163 e. The number of rotatable bonds is 3. The van der Waals surface area contributed by atoms with E-state index in [4.69, 9.17) is 10.00 Å². The molecule has 3 nitrogen and oxygen atoms in total. The largest absolute Gasteiger partial charge is 0.456 e. The van der Waals surface area contributed by atoms with Gasteiger partial charge in [0.2, 0.25) is 0 Å². The zero-order valence-electron chi connectivity index (χ0n) is 11.1. The first-order valence-corrected chi connectivity index (χ1v) is 6.00. The van der Waals surface area contributed by atoms with Gasteiger partial charge < -0.3 is 4.74 Å². The van der Waals surface area contributed by atoms with E-state index in [1.165, 1.54) is 31.2 Å². The number of Topliss-reactive ketones (excluding diaryl/α,β-unsaturated/α-hetero) is 1. The van der Waals surface area contributed by atoms with Crippen LogP contribution in [0.15, 0.2) is 36.4 Å². The summed E-state index contributed by atoms with van der Waals surface area (Å²) >= 11 is 0. The Bertz CT molecular complexity index is 717. The highest BCUT2D eigenvalue weighted by Crippen LogP contribution is 2.29. The minimum Gasteiger partial charge on any atom is -0.456 e. The first kappa shape index (κ1) is 13.8. The number of carbonyl (C=O) groups excluding carboxylic acids is 1. The third-order valence-corrected chi connectivity index (χ3v) is 2.86. The molecule has 0 heterocycles. The topological polar surface area (TPSA) is 50.1 Å². The van der Waals surface area contributed by atoms with E-state index in [0.29, 0.717) is 16.9 Å². The lowest BCUT2D eigenvalue weighted by atomic mass is 10.1. The van der Waals surface area contributed by atoms with Crippen LogP contribution in [0.1, 0.15) is 28.4 Å². The number of nitrogens with zero attached hydrogens (tertiary/aromatic N) is 1. The quantitative estimate of drug-likeness (QED) is 0.791. The molecule has 2 aromatic carbocycles. The van der Waals surface area contributed by atoms with Crippen LogP contribution in [-0.4, -0.2) is 5.78 Å². The Kier molecular flexibility index (Phi) is 3.81. The van der Waals surface area contributed by atoms with E-state index in [9.17, 15) is 9.18 Å². The van der Waals surface area contributed by atoms with E-state index in [2.05, 4.69) is 0 Å². The standard InChI is InChI=1S/C16H12FNO2/c1-10-3-5-13(17)8-15(10)20-16-7-12(9-18)4-6-14(16)11(2)19/h3-8H,1-2H3. The van der Waals surface area contributed by atoms with Gasteiger partial charge in [-0.05, 0) is 43.7 Å². The van der Waals surface area contributed by atoms with E-state index in [1.54, 1.807) is 19.1 Å². The lowest BCUT2D eigenvalue weighted by molar-refractivity contribution is 0.101. The summed E-state index contributed by atoms with van der Waals surface area (Å²) in [6, 6.07) is 10.7. The molecule has 100 valence electrons. The molecular weight excluding hydrogens is 257 g/mol. The van der Waals surface area contributed by atoms with Crippen LogP contribution in [0, 0.1) is 24.1 Å². The monoisotopic (exact) mass is 269 g/mol. The van der Waals surface area contributed by atoms with Crippen molar-refractivity contribution in [1.82, 2.24) is 0 Å². The van der Waals surface area contributed by atoms with E-state index >= 15 is 0 Å². The number of hydrogen-bond donors (Lipinski definition) is 0. The van der Waals surface area contributed by atoms with Crippen LogP contribution in [0.3, 0.4) is 0 Å². The molecule has 0 saturated heterocycles. The molecule has 0 radical (unpaired) electrons. The molecule has 0 aromatic heterocycles. The van der Waals surface area contributed by atoms with Crippen molar-refractivity contribution in [2.24, 2.45) is 0 Å². The van der Waals surface area contributed by atoms with Crippen LogP contribution in [0.5, 0.6) is 11.5 Å². The molecule has 0 bridgehead atoms. The molecule has 0 aliphatic rings. The van der Waals surface area contributed by atoms with Gasteiger partial charge in [-0.3, -0.25) is 4.79 Å². The molecule has 4 heteroatoms. The second kappa shape index (κ2) is 5.54. The van der Waals surface area contributed by atoms with E-state index in [-0.39, 0.29) is 11.5 Å². The van der Waals surface area contributed by atoms with Gasteiger partial charge >= 0.3 is 0 Å². The molecule has 0 fully saturated rings. The van der Waals surface area contributed by atoms with Crippen LogP contribution in [0.4, 0.5) is 4.39 Å². The van der Waals surface area contributed by atoms with Crippen LogP contribution in [-0.2, 0) is 0 Å². The molecule has 0 saturated carbocycles. The number of benzene rings is 2. The third kappa shape index (κ3) is 2.83. The molecular formula is C16H12FNO2. The lowest BCUT2D eigenvalue weighted by Crippen LogP contribution is -1.99. The third-order valence-electron chi connectivity index (χ3n) is 2.86. The van der Waals surface area contributed by atoms with Crippen LogP contribution < -0.4 is 4.74 Å². The molecule has 2 rings (SSSR count). The zero-order chi connectivity index (χ0) is 14.7. The number of aryl methyl sites for hydroxylation is 1. The van der Waals surface area contributed by atoms with Crippen LogP contribution in [0.25, 0.3) is 0 Å². The SMILES string of the molecule is CC(=O)c1ccc(C#N)cc1Oc1cc(F)ccc1C. The lowest BCUT2D eigenvalue weighted by Gasteiger charge is -2.12. The maximum atomic E-state index is 13.3. The first-order valence-electron chi connectivity index (χ1n) is 6.00. The maximum absolute atomic E-state index is 13.3. The van der Waals surface area contributed by atoms with Crippen molar-refractivity contribution in [2.75, 3.05) is 0 Å². The zero-order valence-corrected chi connectivity index (χ0v) is 11.1. The van der Waals surface area contributed by atoms with E-state index < -0.39 is 5.82 Å². The molecule has 0 atom stereocenters. The molecule has 2 aromatic rings. The summed E-state index contributed by atoms with van der Waals surface area (Å²) in [5.41, 5.74) is 1.47. The van der Waals surface area contributed by atoms with Gasteiger partial charge in [0, 0.05) is 6.07 Å².